The lowest BCUT2D eigenvalue weighted by Gasteiger charge is -2.24. The number of nitrogens with zero attached hydrogens (tertiary/aromatic N) is 1. The molecule has 0 fully saturated rings. The van der Waals surface area contributed by atoms with Crippen LogP contribution in [-0.4, -0.2) is 4.92 Å². The molecule has 0 amide bonds. The van der Waals surface area contributed by atoms with E-state index >= 15 is 0 Å². The summed E-state index contributed by atoms with van der Waals surface area (Å²) in [7, 11) is -3.28. The lowest BCUT2D eigenvalue weighted by Crippen LogP contribution is -2.04. The molecule has 4 rings (SSSR count). The van der Waals surface area contributed by atoms with Gasteiger partial charge in [0.25, 0.3) is 5.69 Å². The SMILES string of the molecule is Cc1c(NP2(=O)C=C(c3ccccc3)OC(c3ccccc3)=C2)cccc1[N+](=O)[O-]. The van der Waals surface area contributed by atoms with Gasteiger partial charge in [0.1, 0.15) is 11.5 Å². The van der Waals surface area contributed by atoms with Crippen molar-refractivity contribution in [3.8, 4) is 0 Å². The van der Waals surface area contributed by atoms with E-state index in [9.17, 15) is 14.7 Å². The first-order valence-electron chi connectivity index (χ1n) is 9.31. The zero-order valence-electron chi connectivity index (χ0n) is 16.2. The first kappa shape index (κ1) is 19.7. The van der Waals surface area contributed by atoms with Crippen LogP contribution in [0.4, 0.5) is 11.4 Å². The molecule has 1 N–H and O–H groups in total. The summed E-state index contributed by atoms with van der Waals surface area (Å²) in [4.78, 5) is 10.8. The van der Waals surface area contributed by atoms with Crippen LogP contribution in [-0.2, 0) is 9.30 Å². The van der Waals surface area contributed by atoms with Crippen molar-refractivity contribution in [3.63, 3.8) is 0 Å². The normalized spacial score (nSPS) is 14.8. The zero-order valence-corrected chi connectivity index (χ0v) is 17.1. The van der Waals surface area contributed by atoms with Crippen molar-refractivity contribution < 1.29 is 14.2 Å². The van der Waals surface area contributed by atoms with Crippen molar-refractivity contribution in [1.82, 2.24) is 0 Å². The van der Waals surface area contributed by atoms with E-state index in [0.29, 0.717) is 22.8 Å². The van der Waals surface area contributed by atoms with E-state index in [-0.39, 0.29) is 5.69 Å². The number of nitro benzene ring substituents is 1. The third kappa shape index (κ3) is 4.04. The first-order valence-corrected chi connectivity index (χ1v) is 11.2. The summed E-state index contributed by atoms with van der Waals surface area (Å²) in [5, 5.41) is 14.3. The number of ether oxygens (including phenoxy) is 1. The van der Waals surface area contributed by atoms with Crippen molar-refractivity contribution in [2.75, 3.05) is 5.09 Å². The van der Waals surface area contributed by atoms with Gasteiger partial charge in [-0.15, -0.1) is 0 Å². The third-order valence-corrected chi connectivity index (χ3v) is 6.58. The van der Waals surface area contributed by atoms with Crippen LogP contribution >= 0.6 is 7.29 Å². The Morgan fingerprint density at radius 2 is 1.37 bits per heavy atom. The maximum absolute atomic E-state index is 13.9. The smallest absolute Gasteiger partial charge is 0.274 e. The topological polar surface area (TPSA) is 81.5 Å². The van der Waals surface area contributed by atoms with Gasteiger partial charge in [-0.2, -0.15) is 0 Å². The predicted molar refractivity (Wildman–Crippen MR) is 119 cm³/mol. The number of rotatable bonds is 5. The summed E-state index contributed by atoms with van der Waals surface area (Å²) in [6.45, 7) is 1.64. The summed E-state index contributed by atoms with van der Waals surface area (Å²) in [6, 6.07) is 23.5. The Labute approximate surface area is 174 Å². The molecule has 0 saturated carbocycles. The highest BCUT2D eigenvalue weighted by Crippen LogP contribution is 2.56. The average Bonchev–Trinajstić information content (AvgIpc) is 2.76. The fourth-order valence-electron chi connectivity index (χ4n) is 3.22. The molecule has 1 aliphatic heterocycles. The van der Waals surface area contributed by atoms with Crippen LogP contribution in [0, 0.1) is 17.0 Å². The van der Waals surface area contributed by atoms with E-state index in [0.717, 1.165) is 11.1 Å². The second-order valence-electron chi connectivity index (χ2n) is 6.85. The molecule has 0 saturated heterocycles. The minimum absolute atomic E-state index is 0.0283. The molecule has 30 heavy (non-hydrogen) atoms. The van der Waals surface area contributed by atoms with E-state index in [1.54, 1.807) is 30.7 Å². The second-order valence-corrected chi connectivity index (χ2v) is 9.01. The molecule has 0 unspecified atom stereocenters. The molecule has 0 aromatic heterocycles. The summed E-state index contributed by atoms with van der Waals surface area (Å²) in [6.07, 6.45) is 0. The summed E-state index contributed by atoms with van der Waals surface area (Å²) in [5.74, 6) is 4.06. The van der Waals surface area contributed by atoms with E-state index < -0.39 is 12.2 Å². The van der Waals surface area contributed by atoms with Gasteiger partial charge in [0.15, 0.2) is 0 Å². The Hall–Kier alpha value is -3.63. The van der Waals surface area contributed by atoms with Crippen LogP contribution in [0.3, 0.4) is 0 Å². The molecular weight excluding hydrogens is 399 g/mol. The zero-order chi connectivity index (χ0) is 21.1. The molecule has 6 nitrogen and oxygen atoms in total. The quantitative estimate of drug-likeness (QED) is 0.286. The lowest BCUT2D eigenvalue weighted by molar-refractivity contribution is -0.385. The highest BCUT2D eigenvalue weighted by molar-refractivity contribution is 7.72. The van der Waals surface area contributed by atoms with E-state index in [1.165, 1.54) is 6.07 Å². The number of hydrogen-bond acceptors (Lipinski definition) is 4. The lowest BCUT2D eigenvalue weighted by atomic mass is 10.2. The molecule has 1 heterocycles. The van der Waals surface area contributed by atoms with Gasteiger partial charge in [-0.3, -0.25) is 14.7 Å². The van der Waals surface area contributed by atoms with Crippen LogP contribution < -0.4 is 5.09 Å². The van der Waals surface area contributed by atoms with Gasteiger partial charge in [-0.1, -0.05) is 66.7 Å². The summed E-state index contributed by atoms with van der Waals surface area (Å²) >= 11 is 0. The van der Waals surface area contributed by atoms with Crippen molar-refractivity contribution in [2.45, 2.75) is 6.92 Å². The summed E-state index contributed by atoms with van der Waals surface area (Å²) < 4.78 is 20.0. The molecule has 1 aliphatic rings. The Balaban J connectivity index is 1.80. The minimum atomic E-state index is -3.28. The third-order valence-electron chi connectivity index (χ3n) is 4.75. The van der Waals surface area contributed by atoms with Crippen molar-refractivity contribution >= 4 is 30.2 Å². The molecule has 0 atom stereocenters. The molecule has 0 radical (unpaired) electrons. The van der Waals surface area contributed by atoms with Crippen LogP contribution in [0.2, 0.25) is 0 Å². The van der Waals surface area contributed by atoms with E-state index in [4.69, 9.17) is 4.74 Å². The van der Waals surface area contributed by atoms with Crippen molar-refractivity contribution in [1.29, 1.82) is 0 Å². The Morgan fingerprint density at radius 1 is 0.833 bits per heavy atom. The molecule has 150 valence electrons. The first-order chi connectivity index (χ1) is 14.5. The van der Waals surface area contributed by atoms with E-state index in [2.05, 4.69) is 5.09 Å². The van der Waals surface area contributed by atoms with Gasteiger partial charge in [0.2, 0.25) is 7.29 Å². The Kier molecular flexibility index (Phi) is 5.25. The molecule has 0 aliphatic carbocycles. The van der Waals surface area contributed by atoms with Crippen LogP contribution in [0.1, 0.15) is 16.7 Å². The largest absolute Gasteiger partial charge is 0.456 e. The monoisotopic (exact) mass is 418 g/mol. The standard InChI is InChI=1S/C23H19N2O4P/c1-17-20(13-8-14-21(17)25(26)27)24-30(28)15-22(18-9-4-2-5-10-18)29-23(16-30)19-11-6-3-7-12-19/h2-16H,1H3,(H,24,28). The number of nitrogens with one attached hydrogen (secondary N) is 1. The molecule has 0 spiro atoms. The average molecular weight is 418 g/mol. The second kappa shape index (κ2) is 8.01. The number of nitro groups is 1. The van der Waals surface area contributed by atoms with Crippen molar-refractivity contribution in [3.05, 3.63) is 117 Å². The predicted octanol–water partition coefficient (Wildman–Crippen LogP) is 6.62. The van der Waals surface area contributed by atoms with Crippen molar-refractivity contribution in [2.24, 2.45) is 0 Å². The minimum Gasteiger partial charge on any atom is -0.456 e. The molecule has 3 aromatic rings. The molecule has 3 aromatic carbocycles. The van der Waals surface area contributed by atoms with Gasteiger partial charge in [0.05, 0.1) is 10.5 Å². The molecule has 0 bridgehead atoms. The van der Waals surface area contributed by atoms with Gasteiger partial charge in [-0.05, 0) is 13.0 Å². The fraction of sp³-hybridized carbons (Fsp3) is 0.0435. The maximum Gasteiger partial charge on any atom is 0.274 e. The van der Waals surface area contributed by atoms with Crippen LogP contribution in [0.15, 0.2) is 90.5 Å². The van der Waals surface area contributed by atoms with Crippen LogP contribution in [0.25, 0.3) is 11.5 Å². The number of benzene rings is 3. The summed E-state index contributed by atoms with van der Waals surface area (Å²) in [5.41, 5.74) is 2.42. The number of anilines is 1. The highest BCUT2D eigenvalue weighted by Gasteiger charge is 2.28. The Bertz CT molecular complexity index is 1140. The molecular formula is C23H19N2O4P. The van der Waals surface area contributed by atoms with Gasteiger partial charge >= 0.3 is 0 Å². The fourth-order valence-corrected chi connectivity index (χ4v) is 5.15. The van der Waals surface area contributed by atoms with Gasteiger partial charge < -0.3 is 9.82 Å². The number of hydrogen-bond donors (Lipinski definition) is 1. The maximum atomic E-state index is 13.9. The molecule has 7 heteroatoms. The highest BCUT2D eigenvalue weighted by atomic mass is 31.2. The van der Waals surface area contributed by atoms with E-state index in [1.807, 2.05) is 60.7 Å². The van der Waals surface area contributed by atoms with Gasteiger partial charge in [0, 0.05) is 34.5 Å². The Morgan fingerprint density at radius 3 is 1.87 bits per heavy atom. The van der Waals surface area contributed by atoms with Gasteiger partial charge in [-0.25, -0.2) is 0 Å². The van der Waals surface area contributed by atoms with Crippen LogP contribution in [0.5, 0.6) is 0 Å².